The molecule has 0 bridgehead atoms. The van der Waals surface area contributed by atoms with Gasteiger partial charge >= 0.3 is 0 Å². The standard InChI is InChI=1S/C23H25N5O4/c1-12-7-13(2)11-28(10-12)23-26-20-19(22(30)27-23)18(15(9-24)21(29)25-20)14-3-4-16-17(8-14)32-6-5-31-16/h3-4,8,12-13,15,18H,5-7,10-11H2,1-2H3,(H2,25,26,27,29,30). The van der Waals surface area contributed by atoms with Gasteiger partial charge in [0.05, 0.1) is 11.6 Å². The Hall–Kier alpha value is -3.54. The molecule has 5 rings (SSSR count). The number of benzene rings is 1. The lowest BCUT2D eigenvalue weighted by atomic mass is 9.79. The van der Waals surface area contributed by atoms with E-state index >= 15 is 0 Å². The van der Waals surface area contributed by atoms with Crippen molar-refractivity contribution in [2.24, 2.45) is 17.8 Å². The maximum absolute atomic E-state index is 13.3. The van der Waals surface area contributed by atoms with Crippen LogP contribution in [-0.4, -0.2) is 42.2 Å². The number of piperidine rings is 1. The van der Waals surface area contributed by atoms with E-state index in [0.29, 0.717) is 48.1 Å². The number of H-pyrrole nitrogens is 1. The van der Waals surface area contributed by atoms with E-state index in [4.69, 9.17) is 9.47 Å². The van der Waals surface area contributed by atoms with Crippen LogP contribution >= 0.6 is 0 Å². The first-order valence-corrected chi connectivity index (χ1v) is 10.9. The second kappa shape index (κ2) is 7.86. The van der Waals surface area contributed by atoms with Gasteiger partial charge in [-0.2, -0.15) is 10.2 Å². The van der Waals surface area contributed by atoms with E-state index in [0.717, 1.165) is 19.5 Å². The molecule has 0 aliphatic carbocycles. The Morgan fingerprint density at radius 2 is 1.84 bits per heavy atom. The predicted octanol–water partition coefficient (Wildman–Crippen LogP) is 2.25. The topological polar surface area (TPSA) is 120 Å². The number of hydrogen-bond acceptors (Lipinski definition) is 7. The number of rotatable bonds is 2. The molecule has 3 aliphatic rings. The van der Waals surface area contributed by atoms with Gasteiger partial charge < -0.3 is 19.7 Å². The Morgan fingerprint density at radius 1 is 1.12 bits per heavy atom. The van der Waals surface area contributed by atoms with Gasteiger partial charge in [-0.15, -0.1) is 0 Å². The predicted molar refractivity (Wildman–Crippen MR) is 117 cm³/mol. The summed E-state index contributed by atoms with van der Waals surface area (Å²) >= 11 is 0. The number of ether oxygens (including phenoxy) is 2. The third-order valence-electron chi connectivity index (χ3n) is 6.34. The third-order valence-corrected chi connectivity index (χ3v) is 6.34. The van der Waals surface area contributed by atoms with Crippen molar-refractivity contribution in [1.29, 1.82) is 5.26 Å². The van der Waals surface area contributed by atoms with Gasteiger partial charge in [0, 0.05) is 19.0 Å². The SMILES string of the molecule is CC1CC(C)CN(c2nc3c(c(=O)[nH]2)C(c2ccc4c(c2)OCCO4)C(C#N)C(=O)N3)C1. The van der Waals surface area contributed by atoms with Crippen LogP contribution in [0, 0.1) is 29.1 Å². The molecule has 1 fully saturated rings. The van der Waals surface area contributed by atoms with Gasteiger partial charge in [0.1, 0.15) is 24.9 Å². The largest absolute Gasteiger partial charge is 0.486 e. The molecule has 1 amide bonds. The maximum atomic E-state index is 13.3. The summed E-state index contributed by atoms with van der Waals surface area (Å²) in [5, 5.41) is 12.4. The van der Waals surface area contributed by atoms with Gasteiger partial charge in [0.15, 0.2) is 11.5 Å². The van der Waals surface area contributed by atoms with Crippen molar-refractivity contribution in [3.63, 3.8) is 0 Å². The Bertz CT molecular complexity index is 1160. The van der Waals surface area contributed by atoms with Gasteiger partial charge in [-0.05, 0) is 36.0 Å². The number of amides is 1. The highest BCUT2D eigenvalue weighted by atomic mass is 16.6. The Balaban J connectivity index is 1.60. The van der Waals surface area contributed by atoms with E-state index < -0.39 is 17.7 Å². The van der Waals surface area contributed by atoms with Gasteiger partial charge in [0.25, 0.3) is 5.56 Å². The van der Waals surface area contributed by atoms with Gasteiger partial charge in [-0.1, -0.05) is 19.9 Å². The number of nitrogens with zero attached hydrogens (tertiary/aromatic N) is 3. The molecule has 2 aromatic rings. The van der Waals surface area contributed by atoms with Crippen molar-refractivity contribution in [2.75, 3.05) is 36.5 Å². The van der Waals surface area contributed by atoms with E-state index in [1.165, 1.54) is 0 Å². The van der Waals surface area contributed by atoms with Crippen LogP contribution in [-0.2, 0) is 4.79 Å². The average Bonchev–Trinajstić information content (AvgIpc) is 2.77. The van der Waals surface area contributed by atoms with Gasteiger partial charge in [0.2, 0.25) is 11.9 Å². The Labute approximate surface area is 185 Å². The number of nitriles is 1. The number of fused-ring (bicyclic) bond motifs is 2. The van der Waals surface area contributed by atoms with Crippen molar-refractivity contribution in [3.05, 3.63) is 39.7 Å². The summed E-state index contributed by atoms with van der Waals surface area (Å²) < 4.78 is 11.2. The van der Waals surface area contributed by atoms with Crippen molar-refractivity contribution in [1.82, 2.24) is 9.97 Å². The summed E-state index contributed by atoms with van der Waals surface area (Å²) in [6.45, 7) is 6.80. The normalized spacial score (nSPS) is 26.7. The second-order valence-electron chi connectivity index (χ2n) is 8.98. The summed E-state index contributed by atoms with van der Waals surface area (Å²) in [4.78, 5) is 35.7. The Morgan fingerprint density at radius 3 is 2.56 bits per heavy atom. The van der Waals surface area contributed by atoms with Crippen LogP contribution in [0.5, 0.6) is 11.5 Å². The Kier molecular flexibility index (Phi) is 5.00. The average molecular weight is 435 g/mol. The monoisotopic (exact) mass is 435 g/mol. The lowest BCUT2D eigenvalue weighted by Crippen LogP contribution is -2.42. The quantitative estimate of drug-likeness (QED) is 0.742. The minimum Gasteiger partial charge on any atom is -0.486 e. The molecule has 4 heterocycles. The zero-order valence-corrected chi connectivity index (χ0v) is 18.1. The number of carbonyl (C=O) groups is 1. The molecular weight excluding hydrogens is 410 g/mol. The molecule has 4 unspecified atom stereocenters. The maximum Gasteiger partial charge on any atom is 0.258 e. The number of nitrogens with one attached hydrogen (secondary N) is 2. The van der Waals surface area contributed by atoms with Gasteiger partial charge in [-0.25, -0.2) is 0 Å². The van der Waals surface area contributed by atoms with E-state index in [9.17, 15) is 14.9 Å². The number of hydrogen-bond donors (Lipinski definition) is 2. The highest BCUT2D eigenvalue weighted by Gasteiger charge is 2.41. The molecule has 32 heavy (non-hydrogen) atoms. The third kappa shape index (κ3) is 3.45. The first-order valence-electron chi connectivity index (χ1n) is 10.9. The smallest absolute Gasteiger partial charge is 0.258 e. The first-order chi connectivity index (χ1) is 15.4. The fraction of sp³-hybridized carbons (Fsp3) is 0.478. The highest BCUT2D eigenvalue weighted by molar-refractivity contribution is 5.98. The van der Waals surface area contributed by atoms with Crippen molar-refractivity contribution < 1.29 is 14.3 Å². The second-order valence-corrected chi connectivity index (χ2v) is 8.98. The van der Waals surface area contributed by atoms with Gasteiger partial charge in [-0.3, -0.25) is 14.6 Å². The van der Waals surface area contributed by atoms with Crippen LogP contribution in [0.1, 0.15) is 37.3 Å². The van der Waals surface area contributed by atoms with Crippen LogP contribution < -0.4 is 25.2 Å². The summed E-state index contributed by atoms with van der Waals surface area (Å²) in [6.07, 6.45) is 1.12. The van der Waals surface area contributed by atoms with E-state index in [2.05, 4.69) is 40.1 Å². The fourth-order valence-corrected chi connectivity index (χ4v) is 5.10. The number of aromatic amines is 1. The summed E-state index contributed by atoms with van der Waals surface area (Å²) in [7, 11) is 0. The molecule has 0 radical (unpaired) electrons. The van der Waals surface area contributed by atoms with E-state index in [-0.39, 0.29) is 16.9 Å². The minimum atomic E-state index is -1.06. The molecular formula is C23H25N5O4. The molecule has 9 nitrogen and oxygen atoms in total. The van der Waals surface area contributed by atoms with Crippen LogP contribution in [0.2, 0.25) is 0 Å². The number of anilines is 2. The van der Waals surface area contributed by atoms with Crippen molar-refractivity contribution in [2.45, 2.75) is 26.2 Å². The van der Waals surface area contributed by atoms with Crippen LogP contribution in [0.15, 0.2) is 23.0 Å². The molecule has 3 aliphatic heterocycles. The zero-order valence-electron chi connectivity index (χ0n) is 18.1. The first kappa shape index (κ1) is 20.4. The molecule has 9 heteroatoms. The van der Waals surface area contributed by atoms with E-state index in [1.807, 2.05) is 0 Å². The number of carbonyl (C=O) groups excluding carboxylic acids is 1. The van der Waals surface area contributed by atoms with Crippen LogP contribution in [0.3, 0.4) is 0 Å². The highest BCUT2D eigenvalue weighted by Crippen LogP contribution is 2.41. The number of aromatic nitrogens is 2. The zero-order chi connectivity index (χ0) is 22.4. The van der Waals surface area contributed by atoms with Crippen LogP contribution in [0.4, 0.5) is 11.8 Å². The molecule has 1 aromatic carbocycles. The lowest BCUT2D eigenvalue weighted by molar-refractivity contribution is -0.119. The molecule has 1 saturated heterocycles. The molecule has 4 atom stereocenters. The molecule has 166 valence electrons. The molecule has 2 N–H and O–H groups in total. The lowest BCUT2D eigenvalue weighted by Gasteiger charge is -2.36. The van der Waals surface area contributed by atoms with Crippen LogP contribution in [0.25, 0.3) is 0 Å². The summed E-state index contributed by atoms with van der Waals surface area (Å²) in [5.41, 5.74) is 0.572. The molecule has 0 spiro atoms. The summed E-state index contributed by atoms with van der Waals surface area (Å²) in [6, 6.07) is 7.33. The fourth-order valence-electron chi connectivity index (χ4n) is 5.10. The van der Waals surface area contributed by atoms with Crippen molar-refractivity contribution >= 4 is 17.7 Å². The van der Waals surface area contributed by atoms with Crippen molar-refractivity contribution in [3.8, 4) is 17.6 Å². The summed E-state index contributed by atoms with van der Waals surface area (Å²) in [5.74, 6) is 0.461. The molecule has 1 aromatic heterocycles. The minimum absolute atomic E-state index is 0.214. The van der Waals surface area contributed by atoms with E-state index in [1.54, 1.807) is 18.2 Å². The molecule has 0 saturated carbocycles.